The Hall–Kier alpha value is -2.38. The molecule has 4 aromatic carbocycles. The number of allylic oxidation sites excluding steroid dienone is 4. The first-order valence-electron chi connectivity index (χ1n) is 15.8. The summed E-state index contributed by atoms with van der Waals surface area (Å²) >= 11 is 8.88. The average Bonchev–Trinajstić information content (AvgIpc) is 3.64. The van der Waals surface area contributed by atoms with Crippen LogP contribution in [0.15, 0.2) is 113 Å². The first-order chi connectivity index (χ1) is 21.5. The molecule has 242 valence electrons. The van der Waals surface area contributed by atoms with Crippen LogP contribution in [-0.2, 0) is 25.7 Å². The Morgan fingerprint density at radius 1 is 0.745 bits per heavy atom. The summed E-state index contributed by atoms with van der Waals surface area (Å²) in [5.74, 6) is 0.362. The summed E-state index contributed by atoms with van der Waals surface area (Å²) in [6.07, 6.45) is 11.1. The second kappa shape index (κ2) is 15.0. The molecule has 1 unspecified atom stereocenters. The molecule has 0 aliphatic heterocycles. The molecule has 5 heteroatoms. The molecule has 6 rings (SSSR count). The Bertz CT molecular complexity index is 1950. The SMILES string of the molecule is C=Cc1ccc2c(c1)-c1cc(C=C)c[c]([Zr](=[CH]c3ccc(Cl)cc3)(=[CH]c3ccc(Cl)cc3)[C]3=CC(C(C)(C)C)=CC3CC)c1C2.Cl.Cl. The number of halogens is 4. The molecule has 0 N–H and O–H groups in total. The van der Waals surface area contributed by atoms with Crippen molar-refractivity contribution in [3.63, 3.8) is 0 Å². The molecule has 0 bridgehead atoms. The minimum Gasteiger partial charge on any atom is -0.147 e. The fourth-order valence-corrected chi connectivity index (χ4v) is 19.2. The Morgan fingerprint density at radius 3 is 1.79 bits per heavy atom. The molecule has 0 nitrogen and oxygen atoms in total. The molecular weight excluding hydrogens is 737 g/mol. The summed E-state index contributed by atoms with van der Waals surface area (Å²) in [6, 6.07) is 28.4. The molecule has 0 amide bonds. The van der Waals surface area contributed by atoms with Gasteiger partial charge in [-0.1, -0.05) is 0 Å². The van der Waals surface area contributed by atoms with Gasteiger partial charge in [0.05, 0.1) is 0 Å². The normalized spacial score (nSPS) is 14.6. The molecule has 2 aliphatic carbocycles. The predicted octanol–water partition coefficient (Wildman–Crippen LogP) is 12.1. The van der Waals surface area contributed by atoms with Gasteiger partial charge in [-0.05, 0) is 0 Å². The van der Waals surface area contributed by atoms with Gasteiger partial charge in [0, 0.05) is 0 Å². The first kappa shape index (κ1) is 37.4. The average molecular weight is 780 g/mol. The summed E-state index contributed by atoms with van der Waals surface area (Å²) in [7, 11) is 0. The van der Waals surface area contributed by atoms with Gasteiger partial charge in [0.15, 0.2) is 0 Å². The van der Waals surface area contributed by atoms with Crippen molar-refractivity contribution in [3.05, 3.63) is 156 Å². The smallest absolute Gasteiger partial charge is 0.147 e. The molecule has 47 heavy (non-hydrogen) atoms. The van der Waals surface area contributed by atoms with Gasteiger partial charge in [-0.2, -0.15) is 0 Å². The van der Waals surface area contributed by atoms with Crippen molar-refractivity contribution < 1.29 is 19.3 Å². The number of rotatable bonds is 7. The number of fused-ring (bicyclic) bond motifs is 3. The van der Waals surface area contributed by atoms with Crippen LogP contribution in [0.25, 0.3) is 23.3 Å². The van der Waals surface area contributed by atoms with E-state index in [1.54, 1.807) is 3.28 Å². The van der Waals surface area contributed by atoms with Crippen molar-refractivity contribution in [1.29, 1.82) is 0 Å². The van der Waals surface area contributed by atoms with E-state index in [2.05, 4.69) is 115 Å². The second-order valence-electron chi connectivity index (χ2n) is 13.3. The van der Waals surface area contributed by atoms with E-state index in [0.29, 0.717) is 5.92 Å². The zero-order valence-electron chi connectivity index (χ0n) is 27.4. The Labute approximate surface area is 307 Å². The number of hydrogen-bond donors (Lipinski definition) is 0. The molecule has 0 aromatic heterocycles. The molecule has 0 fully saturated rings. The van der Waals surface area contributed by atoms with Crippen LogP contribution in [0, 0.1) is 11.3 Å². The third-order valence-corrected chi connectivity index (χ3v) is 20.7. The first-order valence-corrected chi connectivity index (χ1v) is 21.8. The van der Waals surface area contributed by atoms with E-state index in [1.165, 1.54) is 42.2 Å². The van der Waals surface area contributed by atoms with E-state index in [4.69, 9.17) is 23.2 Å². The van der Waals surface area contributed by atoms with Crippen LogP contribution in [0.4, 0.5) is 0 Å². The summed E-state index contributed by atoms with van der Waals surface area (Å²) < 4.78 is 8.40. The van der Waals surface area contributed by atoms with E-state index < -0.39 is 19.3 Å². The summed E-state index contributed by atoms with van der Waals surface area (Å²) in [5.41, 5.74) is 11.7. The summed E-state index contributed by atoms with van der Waals surface area (Å²) in [5, 5.41) is 1.50. The Morgan fingerprint density at radius 2 is 1.28 bits per heavy atom. The van der Waals surface area contributed by atoms with Crippen LogP contribution in [0.3, 0.4) is 0 Å². The van der Waals surface area contributed by atoms with Crippen LogP contribution >= 0.6 is 48.0 Å². The fourth-order valence-electron chi connectivity index (χ4n) is 6.95. The van der Waals surface area contributed by atoms with Crippen molar-refractivity contribution in [3.8, 4) is 11.1 Å². The van der Waals surface area contributed by atoms with Crippen LogP contribution in [0.1, 0.15) is 67.5 Å². The topological polar surface area (TPSA) is 0 Å². The van der Waals surface area contributed by atoms with E-state index in [0.717, 1.165) is 34.0 Å². The zero-order chi connectivity index (χ0) is 31.9. The Kier molecular flexibility index (Phi) is 12.0. The van der Waals surface area contributed by atoms with Crippen molar-refractivity contribution in [2.45, 2.75) is 40.5 Å². The van der Waals surface area contributed by atoms with Gasteiger partial charge in [-0.3, -0.25) is 0 Å². The summed E-state index contributed by atoms with van der Waals surface area (Å²) in [4.78, 5) is 0. The zero-order valence-corrected chi connectivity index (χ0v) is 33.1. The van der Waals surface area contributed by atoms with E-state index in [9.17, 15) is 0 Å². The largest absolute Gasteiger partial charge is 0.147 e. The molecule has 0 saturated heterocycles. The maximum atomic E-state index is 6.42. The monoisotopic (exact) mass is 776 g/mol. The predicted molar refractivity (Wildman–Crippen MR) is 212 cm³/mol. The van der Waals surface area contributed by atoms with Gasteiger partial charge < -0.3 is 0 Å². The van der Waals surface area contributed by atoms with E-state index >= 15 is 0 Å². The standard InChI is InChI=1S/C17H13.C11H17.2C7H5Cl.2ClH.Zr/c1-3-12-5-7-14-11-15-8-6-13(4-2)10-17(15)16(14)9-12;1-5-9-6-7-10(8-9)11(2,3)4;2*1-6-2-4-7(8)5-3-6;;;/h3-7,9-10H,1-2,11H2;7-9H,5H2,1-4H3;2*1-5H;2*1H;. The molecule has 0 spiro atoms. The van der Waals surface area contributed by atoms with E-state index in [1.807, 2.05) is 36.4 Å². The molecule has 0 heterocycles. The fraction of sp³-hybridized carbons (Fsp3) is 0.190. The van der Waals surface area contributed by atoms with Gasteiger partial charge in [-0.25, -0.2) is 0 Å². The number of hydrogen-bond acceptors (Lipinski definition) is 0. The van der Waals surface area contributed by atoms with Crippen LogP contribution in [-0.4, -0.2) is 7.42 Å². The quantitative estimate of drug-likeness (QED) is 0.154. The van der Waals surface area contributed by atoms with Crippen LogP contribution in [0.5, 0.6) is 0 Å². The minimum atomic E-state index is -3.96. The van der Waals surface area contributed by atoms with Crippen molar-refractivity contribution >= 4 is 70.9 Å². The van der Waals surface area contributed by atoms with Gasteiger partial charge in [0.25, 0.3) is 0 Å². The van der Waals surface area contributed by atoms with Gasteiger partial charge in [0.2, 0.25) is 0 Å². The second-order valence-corrected chi connectivity index (χ2v) is 22.7. The van der Waals surface area contributed by atoms with Crippen molar-refractivity contribution in [2.24, 2.45) is 11.3 Å². The maximum absolute atomic E-state index is 6.42. The molecular formula is C42H42Cl4Zr. The van der Waals surface area contributed by atoms with E-state index in [-0.39, 0.29) is 30.2 Å². The summed E-state index contributed by atoms with van der Waals surface area (Å²) in [6.45, 7) is 17.6. The Balaban J connectivity index is 0.00000250. The maximum Gasteiger partial charge on any atom is -0.147 e. The third-order valence-electron chi connectivity index (χ3n) is 9.38. The molecule has 0 radical (unpaired) electrons. The number of benzene rings is 4. The van der Waals surface area contributed by atoms with Gasteiger partial charge in [-0.15, -0.1) is 24.8 Å². The molecule has 0 saturated carbocycles. The molecule has 2 aliphatic rings. The minimum absolute atomic E-state index is 0. The van der Waals surface area contributed by atoms with Crippen LogP contribution in [0.2, 0.25) is 10.0 Å². The molecule has 4 aromatic rings. The van der Waals surface area contributed by atoms with Gasteiger partial charge >= 0.3 is 285 Å². The van der Waals surface area contributed by atoms with Crippen LogP contribution < -0.4 is 3.27 Å². The van der Waals surface area contributed by atoms with Crippen molar-refractivity contribution in [1.82, 2.24) is 0 Å². The van der Waals surface area contributed by atoms with Gasteiger partial charge in [0.1, 0.15) is 0 Å². The van der Waals surface area contributed by atoms with Crippen molar-refractivity contribution in [2.75, 3.05) is 0 Å². The molecule has 1 atom stereocenters. The third kappa shape index (κ3) is 7.46.